The van der Waals surface area contributed by atoms with Crippen LogP contribution in [0.3, 0.4) is 0 Å². The highest BCUT2D eigenvalue weighted by Gasteiger charge is 2.28. The third-order valence-electron chi connectivity index (χ3n) is 6.28. The van der Waals surface area contributed by atoms with Gasteiger partial charge in [0, 0.05) is 44.8 Å². The minimum absolute atomic E-state index is 0.354. The molecule has 1 saturated heterocycles. The molecule has 31 heavy (non-hydrogen) atoms. The lowest BCUT2D eigenvalue weighted by Crippen LogP contribution is -2.31. The summed E-state index contributed by atoms with van der Waals surface area (Å²) >= 11 is 0. The maximum Gasteiger partial charge on any atom is 0.168 e. The lowest BCUT2D eigenvalue weighted by molar-refractivity contribution is 0.430. The van der Waals surface area contributed by atoms with Crippen LogP contribution in [0, 0.1) is 0 Å². The van der Waals surface area contributed by atoms with Gasteiger partial charge in [-0.2, -0.15) is 0 Å². The summed E-state index contributed by atoms with van der Waals surface area (Å²) in [7, 11) is 2.16. The van der Waals surface area contributed by atoms with Crippen molar-refractivity contribution in [1.29, 1.82) is 0 Å². The number of nitrogens with one attached hydrogen (secondary N) is 1. The zero-order valence-electron chi connectivity index (χ0n) is 19.1. The molecular weight excluding hydrogens is 386 g/mol. The Balaban J connectivity index is 1.74. The Morgan fingerprint density at radius 2 is 2.00 bits per heavy atom. The fourth-order valence-electron chi connectivity index (χ4n) is 4.80. The average molecular weight is 422 g/mol. The van der Waals surface area contributed by atoms with Crippen molar-refractivity contribution in [3.8, 4) is 0 Å². The number of nitrogen functional groups attached to an aromatic ring is 1. The number of aromatic nitrogens is 3. The molecule has 2 aromatic heterocycles. The Bertz CT molecular complexity index is 1020. The minimum Gasteiger partial charge on any atom is -0.385 e. The molecule has 0 spiro atoms. The molecule has 166 valence electrons. The van der Waals surface area contributed by atoms with Crippen LogP contribution >= 0.6 is 0 Å². The number of fused-ring (bicyclic) bond motifs is 3. The largest absolute Gasteiger partial charge is 0.385 e. The van der Waals surface area contributed by atoms with Crippen molar-refractivity contribution in [3.05, 3.63) is 47.8 Å². The van der Waals surface area contributed by atoms with Crippen LogP contribution < -0.4 is 16.0 Å². The van der Waals surface area contributed by atoms with Gasteiger partial charge in [0.2, 0.25) is 0 Å². The first-order chi connectivity index (χ1) is 14.9. The lowest BCUT2D eigenvalue weighted by Gasteiger charge is -2.27. The Labute approximate surface area is 185 Å². The van der Waals surface area contributed by atoms with Gasteiger partial charge in [0.15, 0.2) is 11.5 Å². The van der Waals surface area contributed by atoms with E-state index in [1.54, 1.807) is 4.52 Å². The van der Waals surface area contributed by atoms with E-state index in [9.17, 15) is 0 Å². The summed E-state index contributed by atoms with van der Waals surface area (Å²) in [5.41, 5.74) is 11.3. The molecule has 2 aliphatic rings. The molecule has 0 saturated carbocycles. The molecule has 4 rings (SSSR count). The molecule has 1 fully saturated rings. The van der Waals surface area contributed by atoms with E-state index in [2.05, 4.69) is 60.0 Å². The second kappa shape index (κ2) is 9.04. The smallest absolute Gasteiger partial charge is 0.168 e. The Morgan fingerprint density at radius 1 is 1.16 bits per heavy atom. The molecule has 2 aliphatic heterocycles. The normalized spacial score (nSPS) is 24.7. The molecule has 2 aromatic rings. The van der Waals surface area contributed by atoms with Crippen LogP contribution in [-0.4, -0.2) is 52.2 Å². The van der Waals surface area contributed by atoms with Crippen LogP contribution in [0.4, 0.5) is 11.6 Å². The van der Waals surface area contributed by atoms with Crippen LogP contribution in [0.2, 0.25) is 0 Å². The minimum atomic E-state index is 0.354. The van der Waals surface area contributed by atoms with Crippen molar-refractivity contribution in [3.63, 3.8) is 0 Å². The van der Waals surface area contributed by atoms with E-state index in [4.69, 9.17) is 10.7 Å². The molecule has 1 atom stereocenters. The van der Waals surface area contributed by atoms with Gasteiger partial charge in [-0.25, -0.2) is 9.50 Å². The number of hydrogen-bond acceptors (Lipinski definition) is 6. The van der Waals surface area contributed by atoms with Crippen LogP contribution in [0.15, 0.2) is 42.3 Å². The second-order valence-corrected chi connectivity index (χ2v) is 8.87. The van der Waals surface area contributed by atoms with Gasteiger partial charge in [0.05, 0.1) is 11.6 Å². The van der Waals surface area contributed by atoms with Crippen molar-refractivity contribution in [2.75, 3.05) is 37.3 Å². The highest BCUT2D eigenvalue weighted by atomic mass is 15.3. The van der Waals surface area contributed by atoms with Crippen molar-refractivity contribution in [2.45, 2.75) is 52.0 Å². The monoisotopic (exact) mass is 421 g/mol. The molecule has 0 aliphatic carbocycles. The predicted octanol–water partition coefficient (Wildman–Crippen LogP) is 3.81. The number of nitrogens with two attached hydrogens (primary N) is 1. The van der Waals surface area contributed by atoms with Gasteiger partial charge in [-0.05, 0) is 57.6 Å². The van der Waals surface area contributed by atoms with Gasteiger partial charge >= 0.3 is 0 Å². The molecule has 0 radical (unpaired) electrons. The second-order valence-electron chi connectivity index (χ2n) is 8.87. The van der Waals surface area contributed by atoms with Gasteiger partial charge in [0.1, 0.15) is 5.82 Å². The summed E-state index contributed by atoms with van der Waals surface area (Å²) in [6.07, 6.45) is 12.3. The molecule has 4 heterocycles. The van der Waals surface area contributed by atoms with Crippen LogP contribution in [-0.2, 0) is 0 Å². The van der Waals surface area contributed by atoms with Gasteiger partial charge in [-0.1, -0.05) is 18.2 Å². The molecule has 1 unspecified atom stereocenters. The van der Waals surface area contributed by atoms with E-state index in [0.29, 0.717) is 11.9 Å². The van der Waals surface area contributed by atoms with Crippen molar-refractivity contribution >= 4 is 23.0 Å². The average Bonchev–Trinajstić information content (AvgIpc) is 3.33. The number of allylic oxidation sites excluding steroid dienone is 2. The summed E-state index contributed by atoms with van der Waals surface area (Å²) in [5, 5.41) is 7.90. The third-order valence-corrected chi connectivity index (χ3v) is 6.28. The first kappa shape index (κ1) is 21.3. The third kappa shape index (κ3) is 4.55. The maximum absolute atomic E-state index is 6.26. The standard InChI is InChI=1S/C24H35N7/c1-17-15-18(2)20-9-8-13-30(20)21-10-14-31-24(27-21)22(23(25)28-31)19(3)26-11-6-5-7-12-29(4)16-17/h10,14-16,20,26H,3,5-9,11-13H2,1-2,4H3,(H2,25,28)/b17-16-,18-15+. The summed E-state index contributed by atoms with van der Waals surface area (Å²) in [4.78, 5) is 9.71. The molecule has 0 amide bonds. The highest BCUT2D eigenvalue weighted by Crippen LogP contribution is 2.31. The summed E-state index contributed by atoms with van der Waals surface area (Å²) in [5.74, 6) is 1.43. The first-order valence-corrected chi connectivity index (χ1v) is 11.4. The zero-order valence-corrected chi connectivity index (χ0v) is 19.1. The topological polar surface area (TPSA) is 74.7 Å². The Morgan fingerprint density at radius 3 is 2.84 bits per heavy atom. The fraction of sp³-hybridized carbons (Fsp3) is 0.500. The number of anilines is 2. The van der Waals surface area contributed by atoms with Gasteiger partial charge in [-0.3, -0.25) is 0 Å². The summed E-state index contributed by atoms with van der Waals surface area (Å²) in [6.45, 7) is 11.6. The van der Waals surface area contributed by atoms with E-state index in [0.717, 1.165) is 74.5 Å². The van der Waals surface area contributed by atoms with Gasteiger partial charge in [0.25, 0.3) is 0 Å². The van der Waals surface area contributed by atoms with E-state index >= 15 is 0 Å². The van der Waals surface area contributed by atoms with Crippen molar-refractivity contribution in [2.24, 2.45) is 0 Å². The highest BCUT2D eigenvalue weighted by molar-refractivity contribution is 5.81. The first-order valence-electron chi connectivity index (χ1n) is 11.4. The molecular formula is C24H35N7. The van der Waals surface area contributed by atoms with Crippen LogP contribution in [0.25, 0.3) is 11.3 Å². The molecule has 2 bridgehead atoms. The lowest BCUT2D eigenvalue weighted by atomic mass is 10.0. The van der Waals surface area contributed by atoms with Crippen molar-refractivity contribution < 1.29 is 0 Å². The SMILES string of the molecule is C=C1NCCCCCN(C)/C=C(C)\C=C(/C)C2CCCN2c2ccn3nc(N)c1c3n2. The summed E-state index contributed by atoms with van der Waals surface area (Å²) in [6, 6.07) is 2.40. The number of nitrogens with zero attached hydrogens (tertiary/aromatic N) is 5. The molecule has 0 aromatic carbocycles. The van der Waals surface area contributed by atoms with Crippen LogP contribution in [0.1, 0.15) is 51.5 Å². The number of hydrogen-bond donors (Lipinski definition) is 2. The van der Waals surface area contributed by atoms with E-state index in [1.165, 1.54) is 11.1 Å². The zero-order chi connectivity index (χ0) is 22.0. The molecule has 3 N–H and O–H groups in total. The van der Waals surface area contributed by atoms with Gasteiger partial charge < -0.3 is 20.9 Å². The van der Waals surface area contributed by atoms with E-state index in [1.807, 2.05) is 12.3 Å². The van der Waals surface area contributed by atoms with E-state index < -0.39 is 0 Å². The Kier molecular flexibility index (Phi) is 6.20. The van der Waals surface area contributed by atoms with Crippen LogP contribution in [0.5, 0.6) is 0 Å². The summed E-state index contributed by atoms with van der Waals surface area (Å²) < 4.78 is 1.76. The van der Waals surface area contributed by atoms with E-state index in [-0.39, 0.29) is 0 Å². The maximum atomic E-state index is 6.26. The predicted molar refractivity (Wildman–Crippen MR) is 129 cm³/mol. The Hall–Kier alpha value is -2.96. The molecule has 7 nitrogen and oxygen atoms in total. The molecule has 7 heteroatoms. The number of rotatable bonds is 0. The quantitative estimate of drug-likeness (QED) is 0.674. The fourth-order valence-corrected chi connectivity index (χ4v) is 4.80. The van der Waals surface area contributed by atoms with Crippen molar-refractivity contribution in [1.82, 2.24) is 24.8 Å². The van der Waals surface area contributed by atoms with Gasteiger partial charge in [-0.15, -0.1) is 5.10 Å².